The summed E-state index contributed by atoms with van der Waals surface area (Å²) >= 11 is 0. The molecule has 1 rings (SSSR count). The second-order valence-corrected chi connectivity index (χ2v) is 3.37. The van der Waals surface area contributed by atoms with Gasteiger partial charge in [-0.25, -0.2) is 0 Å². The van der Waals surface area contributed by atoms with Crippen molar-refractivity contribution in [2.45, 2.75) is 32.9 Å². The van der Waals surface area contributed by atoms with Gasteiger partial charge in [-0.2, -0.15) is 0 Å². The van der Waals surface area contributed by atoms with Crippen molar-refractivity contribution >= 4 is 0 Å². The highest BCUT2D eigenvalue weighted by molar-refractivity contribution is 4.85. The fraction of sp³-hybridized carbons (Fsp3) is 1.00. The van der Waals surface area contributed by atoms with Crippen LogP contribution < -0.4 is 5.32 Å². The van der Waals surface area contributed by atoms with Crippen molar-refractivity contribution < 1.29 is 0 Å². The lowest BCUT2D eigenvalue weighted by Crippen LogP contribution is -2.59. The molecule has 1 aliphatic heterocycles. The van der Waals surface area contributed by atoms with Crippen LogP contribution in [0.5, 0.6) is 0 Å². The summed E-state index contributed by atoms with van der Waals surface area (Å²) < 4.78 is 0. The molecule has 1 fully saturated rings. The third kappa shape index (κ3) is 1.96. The molecule has 0 aliphatic carbocycles. The zero-order chi connectivity index (χ0) is 7.56. The third-order valence-corrected chi connectivity index (χ3v) is 1.97. The van der Waals surface area contributed by atoms with E-state index in [-0.39, 0.29) is 0 Å². The minimum absolute atomic E-state index is 0.643. The molecule has 1 aliphatic rings. The fourth-order valence-corrected chi connectivity index (χ4v) is 1.40. The normalized spacial score (nSPS) is 21.6. The van der Waals surface area contributed by atoms with E-state index in [4.69, 9.17) is 0 Å². The molecule has 2 nitrogen and oxygen atoms in total. The average Bonchev–Trinajstić information content (AvgIpc) is 1.76. The van der Waals surface area contributed by atoms with Gasteiger partial charge in [0.25, 0.3) is 0 Å². The van der Waals surface area contributed by atoms with Crippen molar-refractivity contribution in [1.82, 2.24) is 10.2 Å². The lowest BCUT2D eigenvalue weighted by molar-refractivity contribution is 0.128. The van der Waals surface area contributed by atoms with Crippen LogP contribution in [0.3, 0.4) is 0 Å². The van der Waals surface area contributed by atoms with E-state index < -0.39 is 0 Å². The number of hydrogen-bond acceptors (Lipinski definition) is 2. The van der Waals surface area contributed by atoms with Crippen molar-refractivity contribution in [3.8, 4) is 0 Å². The van der Waals surface area contributed by atoms with E-state index in [2.05, 4.69) is 31.0 Å². The van der Waals surface area contributed by atoms with Crippen LogP contribution >= 0.6 is 0 Å². The molecule has 0 bridgehead atoms. The van der Waals surface area contributed by atoms with Crippen molar-refractivity contribution in [3.05, 3.63) is 0 Å². The van der Waals surface area contributed by atoms with Gasteiger partial charge in [-0.05, 0) is 6.54 Å². The van der Waals surface area contributed by atoms with Gasteiger partial charge in [0, 0.05) is 25.2 Å². The zero-order valence-corrected chi connectivity index (χ0v) is 7.22. The first-order valence-electron chi connectivity index (χ1n) is 4.20. The van der Waals surface area contributed by atoms with Gasteiger partial charge in [-0.3, -0.25) is 0 Å². The summed E-state index contributed by atoms with van der Waals surface area (Å²) in [7, 11) is 0. The Kier molecular flexibility index (Phi) is 2.69. The monoisotopic (exact) mass is 142 g/mol. The van der Waals surface area contributed by atoms with Crippen molar-refractivity contribution in [3.63, 3.8) is 0 Å². The maximum atomic E-state index is 3.50. The first-order chi connectivity index (χ1) is 4.72. The van der Waals surface area contributed by atoms with Crippen LogP contribution in [-0.2, 0) is 0 Å². The Balaban J connectivity index is 2.03. The number of nitrogens with zero attached hydrogens (tertiary/aromatic N) is 1. The molecule has 0 unspecified atom stereocenters. The van der Waals surface area contributed by atoms with Crippen molar-refractivity contribution in [2.24, 2.45) is 0 Å². The summed E-state index contributed by atoms with van der Waals surface area (Å²) in [4.78, 5) is 2.44. The predicted octanol–water partition coefficient (Wildman–Crippen LogP) is 0.688. The Morgan fingerprint density at radius 2 is 2.10 bits per heavy atom. The Bertz CT molecular complexity index is 95.4. The van der Waals surface area contributed by atoms with Crippen LogP contribution in [0.2, 0.25) is 0 Å². The standard InChI is InChI=1S/C8H18N2/c1-4-10-5-8(6-10)9-7(2)3/h7-9H,4-6H2,1-3H3. The summed E-state index contributed by atoms with van der Waals surface area (Å²) in [5.74, 6) is 0. The molecule has 0 aromatic heterocycles. The number of rotatable bonds is 3. The molecule has 0 radical (unpaired) electrons. The molecule has 1 heterocycles. The minimum Gasteiger partial charge on any atom is -0.309 e. The summed E-state index contributed by atoms with van der Waals surface area (Å²) in [5.41, 5.74) is 0. The van der Waals surface area contributed by atoms with Crippen LogP contribution in [-0.4, -0.2) is 36.6 Å². The molecule has 10 heavy (non-hydrogen) atoms. The lowest BCUT2D eigenvalue weighted by Gasteiger charge is -2.40. The number of hydrogen-bond donors (Lipinski definition) is 1. The molecule has 1 N–H and O–H groups in total. The van der Waals surface area contributed by atoms with E-state index >= 15 is 0 Å². The molecule has 0 atom stereocenters. The highest BCUT2D eigenvalue weighted by Crippen LogP contribution is 2.06. The first kappa shape index (κ1) is 8.02. The SMILES string of the molecule is CCN1CC(NC(C)C)C1. The molecule has 2 heteroatoms. The molecule has 60 valence electrons. The van der Waals surface area contributed by atoms with E-state index in [0.717, 1.165) is 6.04 Å². The number of nitrogens with one attached hydrogen (secondary N) is 1. The van der Waals surface area contributed by atoms with Gasteiger partial charge in [-0.15, -0.1) is 0 Å². The zero-order valence-electron chi connectivity index (χ0n) is 7.22. The van der Waals surface area contributed by atoms with Crippen LogP contribution in [0.25, 0.3) is 0 Å². The van der Waals surface area contributed by atoms with E-state index in [9.17, 15) is 0 Å². The van der Waals surface area contributed by atoms with Crippen LogP contribution in [0.1, 0.15) is 20.8 Å². The first-order valence-corrected chi connectivity index (χ1v) is 4.20. The van der Waals surface area contributed by atoms with Gasteiger partial charge in [0.1, 0.15) is 0 Å². The van der Waals surface area contributed by atoms with Crippen LogP contribution in [0, 0.1) is 0 Å². The van der Waals surface area contributed by atoms with Gasteiger partial charge < -0.3 is 10.2 Å². The second-order valence-electron chi connectivity index (χ2n) is 3.37. The highest BCUT2D eigenvalue weighted by atomic mass is 15.2. The summed E-state index contributed by atoms with van der Waals surface area (Å²) in [6.45, 7) is 10.3. The lowest BCUT2D eigenvalue weighted by atomic mass is 10.1. The van der Waals surface area contributed by atoms with Crippen LogP contribution in [0.15, 0.2) is 0 Å². The Labute approximate surface area is 63.6 Å². The van der Waals surface area contributed by atoms with E-state index in [1.54, 1.807) is 0 Å². The Hall–Kier alpha value is -0.0800. The number of likely N-dealkylation sites (tertiary alicyclic amines) is 1. The molecule has 0 amide bonds. The van der Waals surface area contributed by atoms with E-state index in [1.807, 2.05) is 0 Å². The molecular formula is C8H18N2. The smallest absolute Gasteiger partial charge is 0.0324 e. The summed E-state index contributed by atoms with van der Waals surface area (Å²) in [5, 5.41) is 3.50. The fourth-order valence-electron chi connectivity index (χ4n) is 1.40. The van der Waals surface area contributed by atoms with Gasteiger partial charge in [-0.1, -0.05) is 20.8 Å². The van der Waals surface area contributed by atoms with Crippen LogP contribution in [0.4, 0.5) is 0 Å². The van der Waals surface area contributed by atoms with Gasteiger partial charge >= 0.3 is 0 Å². The topological polar surface area (TPSA) is 15.3 Å². The van der Waals surface area contributed by atoms with Gasteiger partial charge in [0.15, 0.2) is 0 Å². The molecule has 0 aromatic carbocycles. The maximum Gasteiger partial charge on any atom is 0.0324 e. The maximum absolute atomic E-state index is 3.50. The summed E-state index contributed by atoms with van der Waals surface area (Å²) in [6, 6.07) is 1.41. The predicted molar refractivity (Wildman–Crippen MR) is 44.2 cm³/mol. The van der Waals surface area contributed by atoms with Gasteiger partial charge in [0.05, 0.1) is 0 Å². The molecule has 0 aromatic rings. The minimum atomic E-state index is 0.643. The molecule has 1 saturated heterocycles. The quantitative estimate of drug-likeness (QED) is 0.623. The molecule has 0 saturated carbocycles. The van der Waals surface area contributed by atoms with E-state index in [0.29, 0.717) is 6.04 Å². The average molecular weight is 142 g/mol. The van der Waals surface area contributed by atoms with Crippen molar-refractivity contribution in [2.75, 3.05) is 19.6 Å². The van der Waals surface area contributed by atoms with Crippen molar-refractivity contribution in [1.29, 1.82) is 0 Å². The Morgan fingerprint density at radius 3 is 2.50 bits per heavy atom. The second kappa shape index (κ2) is 3.35. The van der Waals surface area contributed by atoms with Gasteiger partial charge in [0.2, 0.25) is 0 Å². The number of likely N-dealkylation sites (N-methyl/N-ethyl adjacent to an activating group) is 1. The highest BCUT2D eigenvalue weighted by Gasteiger charge is 2.24. The third-order valence-electron chi connectivity index (χ3n) is 1.97. The molecule has 0 spiro atoms. The summed E-state index contributed by atoms with van der Waals surface area (Å²) in [6.07, 6.45) is 0. The van der Waals surface area contributed by atoms with E-state index in [1.165, 1.54) is 19.6 Å². The largest absolute Gasteiger partial charge is 0.309 e. The Morgan fingerprint density at radius 1 is 1.50 bits per heavy atom. The molecular weight excluding hydrogens is 124 g/mol.